The zero-order valence-electron chi connectivity index (χ0n) is 11.7. The Balaban J connectivity index is 1.94. The molecule has 4 nitrogen and oxygen atoms in total. The summed E-state index contributed by atoms with van der Waals surface area (Å²) in [6, 6.07) is 5.83. The van der Waals surface area contributed by atoms with Gasteiger partial charge in [0.2, 0.25) is 0 Å². The van der Waals surface area contributed by atoms with E-state index in [1.54, 1.807) is 0 Å². The van der Waals surface area contributed by atoms with Crippen LogP contribution in [0.15, 0.2) is 18.2 Å². The molecule has 0 aromatic heterocycles. The van der Waals surface area contributed by atoms with Gasteiger partial charge >= 0.3 is 6.03 Å². The van der Waals surface area contributed by atoms with Crippen LogP contribution in [0.25, 0.3) is 0 Å². The number of carbonyl (C=O) groups is 1. The van der Waals surface area contributed by atoms with Crippen LogP contribution in [0.3, 0.4) is 0 Å². The number of aliphatic hydroxyl groups is 1. The van der Waals surface area contributed by atoms with Crippen LogP contribution in [0, 0.1) is 18.8 Å². The lowest BCUT2D eigenvalue weighted by Crippen LogP contribution is -2.41. The molecule has 0 heterocycles. The van der Waals surface area contributed by atoms with Crippen LogP contribution in [0.2, 0.25) is 0 Å². The number of nitrogens with one attached hydrogen (secondary N) is 2. The van der Waals surface area contributed by atoms with Crippen LogP contribution >= 0.6 is 0 Å². The zero-order chi connectivity index (χ0) is 14.4. The maximum absolute atomic E-state index is 11.7. The molecule has 3 N–H and O–H groups in total. The van der Waals surface area contributed by atoms with E-state index in [-0.39, 0.29) is 12.6 Å². The lowest BCUT2D eigenvalue weighted by Gasteiger charge is -2.26. The highest BCUT2D eigenvalue weighted by Crippen LogP contribution is 2.19. The first-order chi connectivity index (χ1) is 9.69. The number of hydrogen-bond donors (Lipinski definition) is 3. The Morgan fingerprint density at radius 3 is 2.85 bits per heavy atom. The highest BCUT2D eigenvalue weighted by molar-refractivity contribution is 5.89. The van der Waals surface area contributed by atoms with Gasteiger partial charge in [-0.3, -0.25) is 0 Å². The highest BCUT2D eigenvalue weighted by Gasteiger charge is 2.19. The number of anilines is 1. The van der Waals surface area contributed by atoms with Crippen molar-refractivity contribution in [1.82, 2.24) is 5.32 Å². The van der Waals surface area contributed by atoms with Crippen LogP contribution in [-0.2, 0) is 0 Å². The standard InChI is InChI=1S/C16H20N2O2/c1-12-11-15(9-8-13(12)5-2-3-10-19)18-16(20)17-14-6-4-7-14/h8-9,11,14,19H,3-4,6-7,10H2,1H3,(H2,17,18,20). The third-order valence-electron chi connectivity index (χ3n) is 3.38. The monoisotopic (exact) mass is 272 g/mol. The minimum atomic E-state index is -0.145. The molecule has 0 saturated heterocycles. The summed E-state index contributed by atoms with van der Waals surface area (Å²) in [4.78, 5) is 11.7. The van der Waals surface area contributed by atoms with Crippen molar-refractivity contribution in [2.24, 2.45) is 0 Å². The Labute approximate surface area is 119 Å². The number of carbonyl (C=O) groups excluding carboxylic acids is 1. The van der Waals surface area contributed by atoms with E-state index >= 15 is 0 Å². The summed E-state index contributed by atoms with van der Waals surface area (Å²) in [6.45, 7) is 2.03. The van der Waals surface area contributed by atoms with Gasteiger partial charge < -0.3 is 15.7 Å². The highest BCUT2D eigenvalue weighted by atomic mass is 16.2. The second-order valence-corrected chi connectivity index (χ2v) is 5.03. The molecule has 1 aliphatic carbocycles. The second-order valence-electron chi connectivity index (χ2n) is 5.03. The normalized spacial score (nSPS) is 13.9. The quantitative estimate of drug-likeness (QED) is 0.740. The molecule has 2 rings (SSSR count). The van der Waals surface area contributed by atoms with Gasteiger partial charge in [-0.2, -0.15) is 0 Å². The van der Waals surface area contributed by atoms with Gasteiger partial charge in [-0.1, -0.05) is 11.8 Å². The number of aryl methyl sites for hydroxylation is 1. The lowest BCUT2D eigenvalue weighted by atomic mass is 9.93. The van der Waals surface area contributed by atoms with Gasteiger partial charge in [-0.15, -0.1) is 0 Å². The predicted molar refractivity (Wildman–Crippen MR) is 79.6 cm³/mol. The van der Waals surface area contributed by atoms with Crippen molar-refractivity contribution in [3.63, 3.8) is 0 Å². The van der Waals surface area contributed by atoms with Crippen molar-refractivity contribution in [2.75, 3.05) is 11.9 Å². The lowest BCUT2D eigenvalue weighted by molar-refractivity contribution is 0.240. The third-order valence-corrected chi connectivity index (χ3v) is 3.38. The fourth-order valence-corrected chi connectivity index (χ4v) is 2.00. The van der Waals surface area contributed by atoms with Gasteiger partial charge in [0.1, 0.15) is 0 Å². The SMILES string of the molecule is Cc1cc(NC(=O)NC2CCC2)ccc1C#CCCO. The molecular weight excluding hydrogens is 252 g/mol. The molecule has 0 unspecified atom stereocenters. The van der Waals surface area contributed by atoms with Crippen LogP contribution in [0.4, 0.5) is 10.5 Å². The smallest absolute Gasteiger partial charge is 0.319 e. The fourth-order valence-electron chi connectivity index (χ4n) is 2.00. The molecule has 1 fully saturated rings. The number of rotatable bonds is 3. The summed E-state index contributed by atoms with van der Waals surface area (Å²) in [5.41, 5.74) is 2.70. The van der Waals surface area contributed by atoms with E-state index in [0.29, 0.717) is 12.5 Å². The largest absolute Gasteiger partial charge is 0.395 e. The van der Waals surface area contributed by atoms with Crippen molar-refractivity contribution in [1.29, 1.82) is 0 Å². The van der Waals surface area contributed by atoms with E-state index in [1.807, 2.05) is 25.1 Å². The number of aliphatic hydroxyl groups excluding tert-OH is 1. The maximum Gasteiger partial charge on any atom is 0.319 e. The van der Waals surface area contributed by atoms with Gasteiger partial charge in [0, 0.05) is 23.7 Å². The van der Waals surface area contributed by atoms with E-state index in [4.69, 9.17) is 5.11 Å². The number of urea groups is 1. The Bertz CT molecular complexity index is 539. The molecule has 1 saturated carbocycles. The van der Waals surface area contributed by atoms with Crippen LogP contribution in [0.5, 0.6) is 0 Å². The summed E-state index contributed by atoms with van der Waals surface area (Å²) >= 11 is 0. The molecule has 0 radical (unpaired) electrons. The molecular formula is C16H20N2O2. The zero-order valence-corrected chi connectivity index (χ0v) is 11.7. The first-order valence-electron chi connectivity index (χ1n) is 6.97. The average molecular weight is 272 g/mol. The van der Waals surface area contributed by atoms with Gasteiger partial charge in [-0.25, -0.2) is 4.79 Å². The fraction of sp³-hybridized carbons (Fsp3) is 0.438. The molecule has 0 aliphatic heterocycles. The first kappa shape index (κ1) is 14.4. The van der Waals surface area contributed by atoms with E-state index < -0.39 is 0 Å². The Morgan fingerprint density at radius 1 is 1.45 bits per heavy atom. The minimum Gasteiger partial charge on any atom is -0.395 e. The van der Waals surface area contributed by atoms with E-state index in [1.165, 1.54) is 6.42 Å². The van der Waals surface area contributed by atoms with Crippen molar-refractivity contribution in [2.45, 2.75) is 38.6 Å². The molecule has 4 heteroatoms. The Kier molecular flexibility index (Phi) is 5.03. The molecule has 1 aliphatic rings. The average Bonchev–Trinajstić information content (AvgIpc) is 2.37. The van der Waals surface area contributed by atoms with E-state index in [9.17, 15) is 4.79 Å². The van der Waals surface area contributed by atoms with Gasteiger partial charge in [0.15, 0.2) is 0 Å². The van der Waals surface area contributed by atoms with Crippen molar-refractivity contribution < 1.29 is 9.90 Å². The molecule has 0 bridgehead atoms. The Hall–Kier alpha value is -1.99. The number of benzene rings is 1. The van der Waals surface area contributed by atoms with Gasteiger partial charge in [0.05, 0.1) is 6.61 Å². The number of hydrogen-bond acceptors (Lipinski definition) is 2. The molecule has 0 atom stereocenters. The first-order valence-corrected chi connectivity index (χ1v) is 6.97. The molecule has 1 aromatic carbocycles. The minimum absolute atomic E-state index is 0.0764. The van der Waals surface area contributed by atoms with Gasteiger partial charge in [0.25, 0.3) is 0 Å². The summed E-state index contributed by atoms with van der Waals surface area (Å²) in [6.07, 6.45) is 3.83. The topological polar surface area (TPSA) is 61.4 Å². The maximum atomic E-state index is 11.7. The van der Waals surface area contributed by atoms with Crippen LogP contribution < -0.4 is 10.6 Å². The van der Waals surface area contributed by atoms with Crippen molar-refractivity contribution >= 4 is 11.7 Å². The molecule has 2 amide bonds. The van der Waals surface area contributed by atoms with E-state index in [2.05, 4.69) is 22.5 Å². The molecule has 1 aromatic rings. The summed E-state index contributed by atoms with van der Waals surface area (Å²) in [7, 11) is 0. The second kappa shape index (κ2) is 6.97. The van der Waals surface area contributed by atoms with E-state index in [0.717, 1.165) is 29.7 Å². The summed E-state index contributed by atoms with van der Waals surface area (Å²) < 4.78 is 0. The third kappa shape index (κ3) is 4.01. The molecule has 0 spiro atoms. The molecule has 20 heavy (non-hydrogen) atoms. The van der Waals surface area contributed by atoms with Gasteiger partial charge in [-0.05, 0) is 49.9 Å². The Morgan fingerprint density at radius 2 is 2.25 bits per heavy atom. The summed E-state index contributed by atoms with van der Waals surface area (Å²) in [5.74, 6) is 5.90. The van der Waals surface area contributed by atoms with Crippen LogP contribution in [0.1, 0.15) is 36.8 Å². The van der Waals surface area contributed by atoms with Crippen molar-refractivity contribution in [3.8, 4) is 11.8 Å². The number of amides is 2. The predicted octanol–water partition coefficient (Wildman–Crippen LogP) is 2.40. The molecule has 106 valence electrons. The summed E-state index contributed by atoms with van der Waals surface area (Å²) in [5, 5.41) is 14.5. The van der Waals surface area contributed by atoms with Crippen molar-refractivity contribution in [3.05, 3.63) is 29.3 Å². The van der Waals surface area contributed by atoms with Crippen LogP contribution in [-0.4, -0.2) is 23.8 Å².